The third-order valence-corrected chi connectivity index (χ3v) is 5.28. The highest BCUT2D eigenvalue weighted by atomic mass is 16.1. The second-order valence-corrected chi connectivity index (χ2v) is 8.87. The molecular formula is C25H26N6O2. The maximum atomic E-state index is 12.8. The zero-order chi connectivity index (χ0) is 23.8. The number of benzene rings is 2. The van der Waals surface area contributed by atoms with Gasteiger partial charge in [0.2, 0.25) is 0 Å². The molecule has 4 aromatic rings. The average molecular weight is 443 g/mol. The van der Waals surface area contributed by atoms with Crippen molar-refractivity contribution in [2.75, 3.05) is 0 Å². The topological polar surface area (TPSA) is 97.4 Å². The van der Waals surface area contributed by atoms with Gasteiger partial charge in [-0.3, -0.25) is 19.4 Å². The molecule has 0 saturated heterocycles. The Morgan fingerprint density at radius 3 is 2.15 bits per heavy atom. The maximum Gasteiger partial charge on any atom is 0.294 e. The maximum absolute atomic E-state index is 12.8. The number of azo groups is 1. The van der Waals surface area contributed by atoms with Gasteiger partial charge in [0, 0.05) is 18.0 Å². The molecule has 0 radical (unpaired) electrons. The molecule has 0 saturated carbocycles. The van der Waals surface area contributed by atoms with Crippen LogP contribution in [0.25, 0.3) is 16.9 Å². The van der Waals surface area contributed by atoms with Crippen LogP contribution in [0.2, 0.25) is 0 Å². The first-order valence-corrected chi connectivity index (χ1v) is 10.6. The van der Waals surface area contributed by atoms with E-state index in [-0.39, 0.29) is 28.3 Å². The van der Waals surface area contributed by atoms with Crippen LogP contribution in [-0.4, -0.2) is 25.3 Å². The highest BCUT2D eigenvalue weighted by molar-refractivity contribution is 6.04. The third kappa shape index (κ3) is 4.19. The van der Waals surface area contributed by atoms with Crippen molar-refractivity contribution in [1.82, 2.24) is 19.6 Å². The molecule has 2 aromatic carbocycles. The molecular weight excluding hydrogens is 416 g/mol. The van der Waals surface area contributed by atoms with Crippen molar-refractivity contribution in [2.24, 2.45) is 17.3 Å². The number of hydrogen-bond donors (Lipinski definition) is 1. The van der Waals surface area contributed by atoms with E-state index in [1.54, 1.807) is 11.7 Å². The van der Waals surface area contributed by atoms with E-state index in [9.17, 15) is 9.59 Å². The number of carbonyl (C=O) groups excluding carboxylic acids is 1. The van der Waals surface area contributed by atoms with Gasteiger partial charge < -0.3 is 0 Å². The minimum atomic E-state index is -0.354. The summed E-state index contributed by atoms with van der Waals surface area (Å²) in [5.41, 5.74) is 2.61. The zero-order valence-corrected chi connectivity index (χ0v) is 19.3. The molecule has 2 aromatic heterocycles. The summed E-state index contributed by atoms with van der Waals surface area (Å²) < 4.78 is 2.97. The molecule has 0 aliphatic heterocycles. The van der Waals surface area contributed by atoms with Crippen molar-refractivity contribution >= 4 is 17.3 Å². The van der Waals surface area contributed by atoms with Crippen LogP contribution in [0.4, 0.5) is 11.5 Å². The SMILES string of the molecule is CC(=O)c1c(-c2ccccc2)nn(-c2ccccc2)c1N=Nc1c(C(C)(C)C)[nH]n(C)c1=O. The van der Waals surface area contributed by atoms with Crippen molar-refractivity contribution in [3.63, 3.8) is 0 Å². The molecule has 0 aliphatic rings. The summed E-state index contributed by atoms with van der Waals surface area (Å²) in [4.78, 5) is 25.5. The molecule has 8 nitrogen and oxygen atoms in total. The van der Waals surface area contributed by atoms with Gasteiger partial charge in [0.1, 0.15) is 5.69 Å². The average Bonchev–Trinajstić information content (AvgIpc) is 3.31. The van der Waals surface area contributed by atoms with Crippen molar-refractivity contribution in [2.45, 2.75) is 33.1 Å². The molecule has 8 heteroatoms. The number of nitrogens with zero attached hydrogens (tertiary/aromatic N) is 5. The van der Waals surface area contributed by atoms with E-state index >= 15 is 0 Å². The predicted molar refractivity (Wildman–Crippen MR) is 128 cm³/mol. The Hall–Kier alpha value is -4.07. The van der Waals surface area contributed by atoms with Crippen LogP contribution in [0.3, 0.4) is 0 Å². The molecule has 4 rings (SSSR count). The lowest BCUT2D eigenvalue weighted by Crippen LogP contribution is -2.12. The number of aromatic amines is 1. The summed E-state index contributed by atoms with van der Waals surface area (Å²) in [5, 5.41) is 16.6. The highest BCUT2D eigenvalue weighted by Gasteiger charge is 2.26. The smallest absolute Gasteiger partial charge is 0.294 e. The van der Waals surface area contributed by atoms with Crippen molar-refractivity contribution in [3.05, 3.63) is 82.3 Å². The van der Waals surface area contributed by atoms with Crippen molar-refractivity contribution < 1.29 is 4.79 Å². The lowest BCUT2D eigenvalue weighted by atomic mass is 9.91. The third-order valence-electron chi connectivity index (χ3n) is 5.28. The molecule has 0 fully saturated rings. The fraction of sp³-hybridized carbons (Fsp3) is 0.240. The van der Waals surface area contributed by atoms with Gasteiger partial charge in [-0.1, -0.05) is 69.3 Å². The monoisotopic (exact) mass is 442 g/mol. The number of Topliss-reactive ketones (excluding diaryl/α,β-unsaturated/α-hetero) is 1. The predicted octanol–water partition coefficient (Wildman–Crippen LogP) is 5.48. The number of carbonyl (C=O) groups is 1. The first-order chi connectivity index (χ1) is 15.7. The molecule has 0 aliphatic carbocycles. The number of aryl methyl sites for hydroxylation is 1. The number of hydrogen-bond acceptors (Lipinski definition) is 5. The van der Waals surface area contributed by atoms with Gasteiger partial charge in [-0.05, 0) is 19.1 Å². The summed E-state index contributed by atoms with van der Waals surface area (Å²) in [6.45, 7) is 7.44. The number of rotatable bonds is 5. The summed E-state index contributed by atoms with van der Waals surface area (Å²) in [5.74, 6) is 0.0821. The van der Waals surface area contributed by atoms with Gasteiger partial charge in [0.05, 0.1) is 16.9 Å². The van der Waals surface area contributed by atoms with Crippen LogP contribution < -0.4 is 5.56 Å². The van der Waals surface area contributed by atoms with Gasteiger partial charge in [-0.25, -0.2) is 4.68 Å². The van der Waals surface area contributed by atoms with Crippen LogP contribution in [0, 0.1) is 0 Å². The summed E-state index contributed by atoms with van der Waals surface area (Å²) >= 11 is 0. The van der Waals surface area contributed by atoms with E-state index in [0.29, 0.717) is 17.0 Å². The second kappa shape index (κ2) is 8.46. The molecule has 0 bridgehead atoms. The first kappa shape index (κ1) is 22.1. The van der Waals surface area contributed by atoms with Crippen LogP contribution in [0.5, 0.6) is 0 Å². The number of H-pyrrole nitrogens is 1. The molecule has 0 atom stereocenters. The standard InChI is InChI=1S/C25H26N6O2/c1-16(32)19-20(17-12-8-6-9-13-17)28-31(18-14-10-7-11-15-18)23(19)27-26-21-22(25(2,3)4)29-30(5)24(21)33/h6-15,29H,1-5H3. The normalized spacial score (nSPS) is 11.9. The molecule has 1 N–H and O–H groups in total. The molecule has 2 heterocycles. The van der Waals surface area contributed by atoms with E-state index in [2.05, 4.69) is 15.3 Å². The summed E-state index contributed by atoms with van der Waals surface area (Å²) in [6.07, 6.45) is 0. The fourth-order valence-corrected chi connectivity index (χ4v) is 3.62. The summed E-state index contributed by atoms with van der Waals surface area (Å²) in [6, 6.07) is 18.9. The second-order valence-electron chi connectivity index (χ2n) is 8.87. The van der Waals surface area contributed by atoms with E-state index in [1.807, 2.05) is 81.4 Å². The van der Waals surface area contributed by atoms with Gasteiger partial charge in [-0.2, -0.15) is 5.10 Å². The first-order valence-electron chi connectivity index (χ1n) is 10.6. The van der Waals surface area contributed by atoms with Crippen LogP contribution in [0.1, 0.15) is 43.7 Å². The number of ketones is 1. The fourth-order valence-electron chi connectivity index (χ4n) is 3.62. The number of aromatic nitrogens is 4. The Kier molecular flexibility index (Phi) is 5.68. The molecule has 0 spiro atoms. The summed E-state index contributed by atoms with van der Waals surface area (Å²) in [7, 11) is 1.64. The zero-order valence-electron chi connectivity index (χ0n) is 19.3. The Labute approximate surface area is 191 Å². The van der Waals surface area contributed by atoms with Crippen LogP contribution in [0.15, 0.2) is 75.7 Å². The minimum Gasteiger partial charge on any atom is -0.297 e. The lowest BCUT2D eigenvalue weighted by Gasteiger charge is -2.16. The van der Waals surface area contributed by atoms with E-state index < -0.39 is 0 Å². The highest BCUT2D eigenvalue weighted by Crippen LogP contribution is 2.35. The number of nitrogens with one attached hydrogen (secondary N) is 1. The van der Waals surface area contributed by atoms with Gasteiger partial charge in [0.25, 0.3) is 5.56 Å². The van der Waals surface area contributed by atoms with E-state index in [0.717, 1.165) is 11.3 Å². The number of para-hydroxylation sites is 1. The van der Waals surface area contributed by atoms with Gasteiger partial charge in [-0.15, -0.1) is 10.2 Å². The largest absolute Gasteiger partial charge is 0.297 e. The quantitative estimate of drug-likeness (QED) is 0.327. The van der Waals surface area contributed by atoms with E-state index in [4.69, 9.17) is 5.10 Å². The molecule has 33 heavy (non-hydrogen) atoms. The minimum absolute atomic E-state index is 0.192. The van der Waals surface area contributed by atoms with Crippen LogP contribution >= 0.6 is 0 Å². The van der Waals surface area contributed by atoms with Crippen molar-refractivity contribution in [1.29, 1.82) is 0 Å². The van der Waals surface area contributed by atoms with Crippen molar-refractivity contribution in [3.8, 4) is 16.9 Å². The Morgan fingerprint density at radius 2 is 1.58 bits per heavy atom. The Morgan fingerprint density at radius 1 is 0.970 bits per heavy atom. The lowest BCUT2D eigenvalue weighted by molar-refractivity contribution is 0.101. The Bertz CT molecular complexity index is 1390. The Balaban J connectivity index is 1.98. The molecule has 168 valence electrons. The van der Waals surface area contributed by atoms with Gasteiger partial charge in [0.15, 0.2) is 17.3 Å². The van der Waals surface area contributed by atoms with Gasteiger partial charge >= 0.3 is 0 Å². The van der Waals surface area contributed by atoms with E-state index in [1.165, 1.54) is 11.6 Å². The molecule has 0 amide bonds. The van der Waals surface area contributed by atoms with Crippen LogP contribution in [-0.2, 0) is 12.5 Å². The molecule has 0 unspecified atom stereocenters.